The molecule has 1 atom stereocenters. The predicted octanol–water partition coefficient (Wildman–Crippen LogP) is 4.13. The third-order valence-corrected chi connectivity index (χ3v) is 4.96. The highest BCUT2D eigenvalue weighted by Gasteiger charge is 2.51. The minimum Gasteiger partial charge on any atom is -0.486 e. The SMILES string of the molecule is CC(Oc1ccccc1)c1cccc(B2OC(C)(C)C(C)(C)O2)c1. The molecule has 0 spiro atoms. The molecule has 0 aliphatic carbocycles. The fourth-order valence-electron chi connectivity index (χ4n) is 2.71. The first-order valence-electron chi connectivity index (χ1n) is 8.46. The van der Waals surface area contributed by atoms with Crippen LogP contribution in [0.3, 0.4) is 0 Å². The van der Waals surface area contributed by atoms with E-state index in [1.165, 1.54) is 0 Å². The van der Waals surface area contributed by atoms with Crippen LogP contribution in [-0.4, -0.2) is 18.3 Å². The molecular formula is C20H25BO3. The fraction of sp³-hybridized carbons (Fsp3) is 0.400. The molecule has 1 unspecified atom stereocenters. The quantitative estimate of drug-likeness (QED) is 0.792. The minimum absolute atomic E-state index is 0.0465. The van der Waals surface area contributed by atoms with Gasteiger partial charge >= 0.3 is 7.12 Å². The summed E-state index contributed by atoms with van der Waals surface area (Å²) >= 11 is 0. The Labute approximate surface area is 145 Å². The molecule has 3 rings (SSSR count). The van der Waals surface area contributed by atoms with Crippen LogP contribution in [0, 0.1) is 0 Å². The summed E-state index contributed by atoms with van der Waals surface area (Å²) in [7, 11) is -0.348. The number of para-hydroxylation sites is 1. The Morgan fingerprint density at radius 2 is 1.50 bits per heavy atom. The van der Waals surface area contributed by atoms with E-state index in [0.29, 0.717) is 0 Å². The van der Waals surface area contributed by atoms with Gasteiger partial charge in [-0.05, 0) is 57.8 Å². The Morgan fingerprint density at radius 3 is 2.12 bits per heavy atom. The van der Waals surface area contributed by atoms with Crippen molar-refractivity contribution in [2.45, 2.75) is 51.9 Å². The third-order valence-electron chi connectivity index (χ3n) is 4.96. The molecule has 1 heterocycles. The summed E-state index contributed by atoms with van der Waals surface area (Å²) in [5.41, 5.74) is 1.46. The predicted molar refractivity (Wildman–Crippen MR) is 97.6 cm³/mol. The summed E-state index contributed by atoms with van der Waals surface area (Å²) in [5.74, 6) is 0.867. The Hall–Kier alpha value is -1.78. The smallest absolute Gasteiger partial charge is 0.486 e. The van der Waals surface area contributed by atoms with Gasteiger partial charge in [-0.25, -0.2) is 0 Å². The fourth-order valence-corrected chi connectivity index (χ4v) is 2.71. The molecule has 3 nitrogen and oxygen atoms in total. The van der Waals surface area contributed by atoms with Crippen LogP contribution in [0.2, 0.25) is 0 Å². The maximum Gasteiger partial charge on any atom is 0.494 e. The lowest BCUT2D eigenvalue weighted by Gasteiger charge is -2.32. The van der Waals surface area contributed by atoms with Crippen molar-refractivity contribution in [1.29, 1.82) is 0 Å². The Kier molecular flexibility index (Phi) is 4.45. The van der Waals surface area contributed by atoms with Crippen LogP contribution >= 0.6 is 0 Å². The topological polar surface area (TPSA) is 27.7 Å². The van der Waals surface area contributed by atoms with Gasteiger partial charge in [0, 0.05) is 0 Å². The van der Waals surface area contributed by atoms with Gasteiger partial charge in [0.05, 0.1) is 11.2 Å². The molecule has 2 aromatic carbocycles. The third kappa shape index (κ3) is 3.35. The molecule has 1 fully saturated rings. The zero-order valence-electron chi connectivity index (χ0n) is 15.1. The van der Waals surface area contributed by atoms with Crippen molar-refractivity contribution < 1.29 is 14.0 Å². The molecule has 4 heteroatoms. The van der Waals surface area contributed by atoms with E-state index in [-0.39, 0.29) is 24.4 Å². The largest absolute Gasteiger partial charge is 0.494 e. The Balaban J connectivity index is 1.78. The molecule has 1 saturated heterocycles. The number of ether oxygens (including phenoxy) is 1. The van der Waals surface area contributed by atoms with Gasteiger partial charge in [-0.2, -0.15) is 0 Å². The molecule has 0 amide bonds. The minimum atomic E-state index is -0.348. The first-order valence-corrected chi connectivity index (χ1v) is 8.46. The van der Waals surface area contributed by atoms with Gasteiger partial charge < -0.3 is 14.0 Å². The summed E-state index contributed by atoms with van der Waals surface area (Å²) in [6, 6.07) is 18.1. The zero-order valence-corrected chi connectivity index (χ0v) is 15.1. The van der Waals surface area contributed by atoms with Gasteiger partial charge in [-0.15, -0.1) is 0 Å². The summed E-state index contributed by atoms with van der Waals surface area (Å²) < 4.78 is 18.3. The van der Waals surface area contributed by atoms with Gasteiger partial charge in [0.15, 0.2) is 0 Å². The van der Waals surface area contributed by atoms with Crippen LogP contribution in [-0.2, 0) is 9.31 Å². The second-order valence-corrected chi connectivity index (χ2v) is 7.33. The van der Waals surface area contributed by atoms with Crippen molar-refractivity contribution in [1.82, 2.24) is 0 Å². The average molecular weight is 324 g/mol. The normalized spacial score (nSPS) is 20.0. The lowest BCUT2D eigenvalue weighted by Crippen LogP contribution is -2.41. The summed E-state index contributed by atoms with van der Waals surface area (Å²) in [6.07, 6.45) is -0.0465. The first kappa shape index (κ1) is 17.1. The highest BCUT2D eigenvalue weighted by Crippen LogP contribution is 2.36. The highest BCUT2D eigenvalue weighted by atomic mass is 16.7. The molecule has 2 aromatic rings. The van der Waals surface area contributed by atoms with Gasteiger partial charge in [0.25, 0.3) is 0 Å². The van der Waals surface area contributed by atoms with Crippen LogP contribution in [0.4, 0.5) is 0 Å². The standard InChI is InChI=1S/C20H25BO3/c1-15(22-18-12-7-6-8-13-18)16-10-9-11-17(14-16)21-23-19(2,3)20(4,5)24-21/h6-15H,1-5H3. The monoisotopic (exact) mass is 324 g/mol. The second-order valence-electron chi connectivity index (χ2n) is 7.33. The van der Waals surface area contributed by atoms with Crippen LogP contribution in [0.25, 0.3) is 0 Å². The van der Waals surface area contributed by atoms with Crippen LogP contribution in [0.5, 0.6) is 5.75 Å². The Morgan fingerprint density at radius 1 is 0.875 bits per heavy atom. The molecule has 0 radical (unpaired) electrons. The molecule has 0 bridgehead atoms. The molecule has 24 heavy (non-hydrogen) atoms. The lowest BCUT2D eigenvalue weighted by atomic mass is 9.78. The van der Waals surface area contributed by atoms with Crippen LogP contribution < -0.4 is 10.2 Å². The number of hydrogen-bond acceptors (Lipinski definition) is 3. The number of benzene rings is 2. The van der Waals surface area contributed by atoms with E-state index in [1.807, 2.05) is 42.5 Å². The first-order chi connectivity index (χ1) is 11.3. The van der Waals surface area contributed by atoms with Crippen molar-refractivity contribution in [2.24, 2.45) is 0 Å². The van der Waals surface area contributed by atoms with Crippen LogP contribution in [0.15, 0.2) is 54.6 Å². The zero-order chi connectivity index (χ0) is 17.4. The van der Waals surface area contributed by atoms with E-state index in [0.717, 1.165) is 16.8 Å². The van der Waals surface area contributed by atoms with E-state index in [1.54, 1.807) is 0 Å². The maximum atomic E-state index is 6.14. The number of hydrogen-bond donors (Lipinski definition) is 0. The summed E-state index contributed by atoms with van der Waals surface area (Å²) in [6.45, 7) is 10.3. The Bertz CT molecular complexity index is 681. The summed E-state index contributed by atoms with van der Waals surface area (Å²) in [5, 5.41) is 0. The molecule has 0 N–H and O–H groups in total. The molecule has 1 aliphatic heterocycles. The molecule has 0 aromatic heterocycles. The van der Waals surface area contributed by atoms with Gasteiger partial charge in [-0.1, -0.05) is 42.5 Å². The van der Waals surface area contributed by atoms with Crippen molar-refractivity contribution in [2.75, 3.05) is 0 Å². The highest BCUT2D eigenvalue weighted by molar-refractivity contribution is 6.62. The average Bonchev–Trinajstić information content (AvgIpc) is 2.76. The van der Waals surface area contributed by atoms with Crippen molar-refractivity contribution >= 4 is 12.6 Å². The molecule has 126 valence electrons. The molecule has 0 saturated carbocycles. The number of rotatable bonds is 4. The maximum absolute atomic E-state index is 6.14. The van der Waals surface area contributed by atoms with Crippen molar-refractivity contribution in [3.8, 4) is 5.75 Å². The lowest BCUT2D eigenvalue weighted by molar-refractivity contribution is 0.00578. The molecular weight excluding hydrogens is 299 g/mol. The van der Waals surface area contributed by atoms with Crippen molar-refractivity contribution in [3.05, 3.63) is 60.2 Å². The van der Waals surface area contributed by atoms with E-state index in [2.05, 4.69) is 46.8 Å². The van der Waals surface area contributed by atoms with Crippen molar-refractivity contribution in [3.63, 3.8) is 0 Å². The van der Waals surface area contributed by atoms with Crippen LogP contribution in [0.1, 0.15) is 46.3 Å². The van der Waals surface area contributed by atoms with E-state index < -0.39 is 0 Å². The van der Waals surface area contributed by atoms with E-state index in [9.17, 15) is 0 Å². The molecule has 1 aliphatic rings. The second kappa shape index (κ2) is 6.27. The van der Waals surface area contributed by atoms with Gasteiger partial charge in [0.1, 0.15) is 11.9 Å². The van der Waals surface area contributed by atoms with E-state index >= 15 is 0 Å². The van der Waals surface area contributed by atoms with Gasteiger partial charge in [-0.3, -0.25) is 0 Å². The van der Waals surface area contributed by atoms with E-state index in [4.69, 9.17) is 14.0 Å². The summed E-state index contributed by atoms with van der Waals surface area (Å²) in [4.78, 5) is 0. The van der Waals surface area contributed by atoms with Gasteiger partial charge in [0.2, 0.25) is 0 Å².